The van der Waals surface area contributed by atoms with E-state index in [1.54, 1.807) is 6.07 Å². The SMILES string of the molecule is CC1CC1CN(Cc1ccccc1)c1cc(C(=O)NN)cc(N(C)S(C)(=O)=O)n1. The van der Waals surface area contributed by atoms with Crippen LogP contribution in [0.4, 0.5) is 11.6 Å². The number of sulfonamides is 1. The summed E-state index contributed by atoms with van der Waals surface area (Å²) in [6.07, 6.45) is 2.24. The zero-order chi connectivity index (χ0) is 21.2. The number of nitrogens with one attached hydrogen (secondary N) is 1. The normalized spacial score (nSPS) is 18.2. The van der Waals surface area contributed by atoms with E-state index in [9.17, 15) is 13.2 Å². The topological polar surface area (TPSA) is 109 Å². The number of carbonyl (C=O) groups is 1. The molecular weight excluding hydrogens is 390 g/mol. The van der Waals surface area contributed by atoms with Gasteiger partial charge in [-0.15, -0.1) is 0 Å². The van der Waals surface area contributed by atoms with Crippen LogP contribution in [-0.4, -0.2) is 39.2 Å². The fraction of sp³-hybridized carbons (Fsp3) is 0.400. The average molecular weight is 418 g/mol. The molecule has 0 saturated heterocycles. The Morgan fingerprint density at radius 2 is 1.86 bits per heavy atom. The van der Waals surface area contributed by atoms with Gasteiger partial charge in [0, 0.05) is 25.7 Å². The molecule has 8 nitrogen and oxygen atoms in total. The minimum Gasteiger partial charge on any atom is -0.352 e. The van der Waals surface area contributed by atoms with Crippen molar-refractivity contribution in [2.24, 2.45) is 17.7 Å². The Bertz CT molecular complexity index is 981. The molecular formula is C20H27N5O3S. The highest BCUT2D eigenvalue weighted by Crippen LogP contribution is 2.39. The first-order valence-corrected chi connectivity index (χ1v) is 11.3. The first-order chi connectivity index (χ1) is 13.7. The molecule has 156 valence electrons. The molecule has 0 radical (unpaired) electrons. The van der Waals surface area contributed by atoms with Crippen molar-refractivity contribution in [2.75, 3.05) is 29.1 Å². The van der Waals surface area contributed by atoms with Crippen LogP contribution in [0.2, 0.25) is 0 Å². The van der Waals surface area contributed by atoms with Crippen molar-refractivity contribution in [3.63, 3.8) is 0 Å². The number of rotatable bonds is 8. The Morgan fingerprint density at radius 1 is 1.24 bits per heavy atom. The number of hydrogen-bond donors (Lipinski definition) is 2. The average Bonchev–Trinajstić information content (AvgIpc) is 3.40. The number of hydrogen-bond acceptors (Lipinski definition) is 6. The molecule has 3 N–H and O–H groups in total. The molecule has 2 unspecified atom stereocenters. The van der Waals surface area contributed by atoms with Crippen molar-refractivity contribution in [3.8, 4) is 0 Å². The summed E-state index contributed by atoms with van der Waals surface area (Å²) in [6, 6.07) is 13.0. The maximum Gasteiger partial charge on any atom is 0.265 e. The molecule has 1 amide bonds. The summed E-state index contributed by atoms with van der Waals surface area (Å²) in [6.45, 7) is 3.59. The Kier molecular flexibility index (Phi) is 6.09. The number of anilines is 2. The third kappa shape index (κ3) is 5.24. The molecule has 1 aromatic heterocycles. The number of nitrogens with two attached hydrogens (primary N) is 1. The van der Waals surface area contributed by atoms with Gasteiger partial charge in [-0.25, -0.2) is 19.2 Å². The van der Waals surface area contributed by atoms with Gasteiger partial charge in [-0.05, 0) is 36.0 Å². The molecule has 1 aliphatic rings. The molecule has 3 rings (SSSR count). The van der Waals surface area contributed by atoms with E-state index >= 15 is 0 Å². The van der Waals surface area contributed by atoms with Gasteiger partial charge in [-0.1, -0.05) is 37.3 Å². The summed E-state index contributed by atoms with van der Waals surface area (Å²) in [5.74, 6) is 6.70. The van der Waals surface area contributed by atoms with Crippen molar-refractivity contribution < 1.29 is 13.2 Å². The molecule has 29 heavy (non-hydrogen) atoms. The van der Waals surface area contributed by atoms with Gasteiger partial charge in [-0.3, -0.25) is 14.5 Å². The fourth-order valence-corrected chi connectivity index (χ4v) is 3.62. The fourth-order valence-electron chi connectivity index (χ4n) is 3.19. The first kappa shape index (κ1) is 21.1. The number of benzene rings is 1. The van der Waals surface area contributed by atoms with Gasteiger partial charge in [-0.2, -0.15) is 0 Å². The lowest BCUT2D eigenvalue weighted by Gasteiger charge is -2.26. The van der Waals surface area contributed by atoms with Crippen molar-refractivity contribution in [1.82, 2.24) is 10.4 Å². The lowest BCUT2D eigenvalue weighted by Crippen LogP contribution is -2.32. The van der Waals surface area contributed by atoms with Gasteiger partial charge in [0.1, 0.15) is 11.6 Å². The number of pyridine rings is 1. The molecule has 1 fully saturated rings. The monoisotopic (exact) mass is 417 g/mol. The number of hydrazine groups is 1. The van der Waals surface area contributed by atoms with E-state index in [-0.39, 0.29) is 11.4 Å². The van der Waals surface area contributed by atoms with Gasteiger partial charge in [0.25, 0.3) is 5.91 Å². The second-order valence-corrected chi connectivity index (χ2v) is 9.63. The largest absolute Gasteiger partial charge is 0.352 e. The van der Waals surface area contributed by atoms with Crippen LogP contribution >= 0.6 is 0 Å². The Labute approximate surface area is 171 Å². The second kappa shape index (κ2) is 8.38. The summed E-state index contributed by atoms with van der Waals surface area (Å²) in [4.78, 5) is 18.9. The highest BCUT2D eigenvalue weighted by molar-refractivity contribution is 7.92. The van der Waals surface area contributed by atoms with Crippen molar-refractivity contribution in [1.29, 1.82) is 0 Å². The summed E-state index contributed by atoms with van der Waals surface area (Å²) < 4.78 is 25.1. The minimum absolute atomic E-state index is 0.172. The van der Waals surface area contributed by atoms with Crippen LogP contribution in [0.15, 0.2) is 42.5 Å². The number of nitrogen functional groups attached to an aromatic ring is 1. The number of nitrogens with zero attached hydrogens (tertiary/aromatic N) is 3. The lowest BCUT2D eigenvalue weighted by atomic mass is 10.1. The van der Waals surface area contributed by atoms with Gasteiger partial charge < -0.3 is 4.90 Å². The van der Waals surface area contributed by atoms with E-state index in [2.05, 4.69) is 22.2 Å². The van der Waals surface area contributed by atoms with Crippen LogP contribution in [0.5, 0.6) is 0 Å². The predicted octanol–water partition coefficient (Wildman–Crippen LogP) is 1.74. The van der Waals surface area contributed by atoms with E-state index < -0.39 is 15.9 Å². The van der Waals surface area contributed by atoms with Crippen LogP contribution < -0.4 is 20.5 Å². The summed E-state index contributed by atoms with van der Waals surface area (Å²) in [5.41, 5.74) is 3.47. The number of amides is 1. The molecule has 0 spiro atoms. The van der Waals surface area contributed by atoms with Crippen LogP contribution in [0.3, 0.4) is 0 Å². The van der Waals surface area contributed by atoms with Gasteiger partial charge in [0.15, 0.2) is 0 Å². The smallest absolute Gasteiger partial charge is 0.265 e. The van der Waals surface area contributed by atoms with E-state index in [1.807, 2.05) is 30.3 Å². The third-order valence-corrected chi connectivity index (χ3v) is 6.46. The molecule has 0 aliphatic heterocycles. The Balaban J connectivity index is 2.03. The standard InChI is InChI=1S/C20H27N5O3S/c1-14-9-17(14)13-25(12-15-7-5-4-6-8-15)19-11-16(20(26)23-21)10-18(22-19)24(2)29(3,27)28/h4-8,10-11,14,17H,9,12-13,21H2,1-3H3,(H,23,26). The van der Waals surface area contributed by atoms with Crippen molar-refractivity contribution in [3.05, 3.63) is 53.6 Å². The van der Waals surface area contributed by atoms with Crippen LogP contribution in [0, 0.1) is 11.8 Å². The second-order valence-electron chi connectivity index (χ2n) is 7.62. The lowest BCUT2D eigenvalue weighted by molar-refractivity contribution is 0.0953. The van der Waals surface area contributed by atoms with Crippen LogP contribution in [-0.2, 0) is 16.6 Å². The number of carbonyl (C=O) groups excluding carboxylic acids is 1. The third-order valence-electron chi connectivity index (χ3n) is 5.28. The number of aromatic nitrogens is 1. The van der Waals surface area contributed by atoms with Gasteiger partial charge in [0.05, 0.1) is 6.26 Å². The van der Waals surface area contributed by atoms with Gasteiger partial charge >= 0.3 is 0 Å². The highest BCUT2D eigenvalue weighted by atomic mass is 32.2. The van der Waals surface area contributed by atoms with E-state index in [0.29, 0.717) is 24.2 Å². The van der Waals surface area contributed by atoms with Crippen molar-refractivity contribution >= 4 is 27.6 Å². The first-order valence-electron chi connectivity index (χ1n) is 9.45. The molecule has 1 aliphatic carbocycles. The van der Waals surface area contributed by atoms with Crippen LogP contribution in [0.25, 0.3) is 0 Å². The molecule has 1 aromatic carbocycles. The molecule has 1 heterocycles. The highest BCUT2D eigenvalue weighted by Gasteiger charge is 2.34. The summed E-state index contributed by atoms with van der Waals surface area (Å²) >= 11 is 0. The Morgan fingerprint density at radius 3 is 2.41 bits per heavy atom. The zero-order valence-electron chi connectivity index (χ0n) is 16.9. The van der Waals surface area contributed by atoms with E-state index in [0.717, 1.165) is 29.1 Å². The van der Waals surface area contributed by atoms with E-state index in [1.165, 1.54) is 13.1 Å². The quantitative estimate of drug-likeness (QED) is 0.385. The molecule has 2 aromatic rings. The summed E-state index contributed by atoms with van der Waals surface area (Å²) in [5, 5.41) is 0. The van der Waals surface area contributed by atoms with E-state index in [4.69, 9.17) is 5.84 Å². The maximum absolute atomic E-state index is 12.2. The predicted molar refractivity (Wildman–Crippen MR) is 114 cm³/mol. The molecule has 1 saturated carbocycles. The minimum atomic E-state index is -3.54. The maximum atomic E-state index is 12.2. The molecule has 0 bridgehead atoms. The molecule has 2 atom stereocenters. The van der Waals surface area contributed by atoms with Crippen LogP contribution in [0.1, 0.15) is 29.3 Å². The van der Waals surface area contributed by atoms with Crippen molar-refractivity contribution in [2.45, 2.75) is 19.9 Å². The molecule has 9 heteroatoms. The van der Waals surface area contributed by atoms with Gasteiger partial charge in [0.2, 0.25) is 10.0 Å². The Hall–Kier alpha value is -2.65. The zero-order valence-corrected chi connectivity index (χ0v) is 17.7. The summed E-state index contributed by atoms with van der Waals surface area (Å²) in [7, 11) is -2.12.